The lowest BCUT2D eigenvalue weighted by molar-refractivity contribution is -0.394. The van der Waals surface area contributed by atoms with Crippen molar-refractivity contribution in [3.05, 3.63) is 82.9 Å². The number of hydrazine groups is 1. The van der Waals surface area contributed by atoms with Crippen molar-refractivity contribution in [2.75, 3.05) is 0 Å². The molecular weight excluding hydrogens is 460 g/mol. The second-order valence-corrected chi connectivity index (χ2v) is 6.35. The molecule has 0 heterocycles. The van der Waals surface area contributed by atoms with Gasteiger partial charge in [-0.15, -0.1) is 0 Å². The summed E-state index contributed by atoms with van der Waals surface area (Å²) in [5.74, 6) is -1.89. The Hall–Kier alpha value is -4.24. The van der Waals surface area contributed by atoms with Gasteiger partial charge in [0.05, 0.1) is 26.4 Å². The highest BCUT2D eigenvalue weighted by atomic mass is 35.5. The summed E-state index contributed by atoms with van der Waals surface area (Å²) in [6, 6.07) is 5.55. The summed E-state index contributed by atoms with van der Waals surface area (Å²) in [5.41, 5.74) is 1.78. The van der Waals surface area contributed by atoms with Crippen LogP contribution in [-0.4, -0.2) is 31.7 Å². The second-order valence-electron chi connectivity index (χ2n) is 5.54. The number of non-ortho nitro benzene ring substituents is 2. The summed E-state index contributed by atoms with van der Waals surface area (Å²) in [6.45, 7) is 0. The number of rotatable bonds is 5. The van der Waals surface area contributed by atoms with Gasteiger partial charge < -0.3 is 0 Å². The summed E-state index contributed by atoms with van der Waals surface area (Å²) in [4.78, 5) is 54.3. The zero-order chi connectivity index (χ0) is 23.3. The van der Waals surface area contributed by atoms with Gasteiger partial charge in [-0.05, 0) is 24.4 Å². The van der Waals surface area contributed by atoms with Crippen molar-refractivity contribution in [1.82, 2.24) is 16.2 Å². The van der Waals surface area contributed by atoms with Gasteiger partial charge in [0.25, 0.3) is 28.9 Å². The van der Waals surface area contributed by atoms with E-state index < -0.39 is 54.3 Å². The molecule has 0 aliphatic carbocycles. The Labute approximate surface area is 181 Å². The van der Waals surface area contributed by atoms with E-state index in [1.165, 1.54) is 6.07 Å². The fourth-order valence-corrected chi connectivity index (χ4v) is 2.45. The van der Waals surface area contributed by atoms with Crippen LogP contribution in [0.25, 0.3) is 0 Å². The first-order valence-corrected chi connectivity index (χ1v) is 8.57. The smallest absolute Gasteiger partial charge is 0.288 e. The predicted octanol–water partition coefficient (Wildman–Crippen LogP) is 2.01. The number of carbonyl (C=O) groups is 2. The van der Waals surface area contributed by atoms with Crippen LogP contribution < -0.4 is 16.2 Å². The van der Waals surface area contributed by atoms with Crippen LogP contribution in [0.15, 0.2) is 36.4 Å². The van der Waals surface area contributed by atoms with Gasteiger partial charge in [0, 0.05) is 23.8 Å². The van der Waals surface area contributed by atoms with Crippen LogP contribution in [0.1, 0.15) is 20.7 Å². The lowest BCUT2D eigenvalue weighted by Crippen LogP contribution is -2.48. The Morgan fingerprint density at radius 2 is 1.39 bits per heavy atom. The van der Waals surface area contributed by atoms with Crippen LogP contribution in [0.3, 0.4) is 0 Å². The maximum atomic E-state index is 12.2. The molecule has 0 aliphatic rings. The van der Waals surface area contributed by atoms with Crippen LogP contribution >= 0.6 is 23.8 Å². The SMILES string of the molecule is O=C(NNC(=S)NC(=O)c1cc([N+](=O)[O-])cc([N+](=O)[O-])c1)c1ccc(Cl)c([N+](=O)[O-])c1. The van der Waals surface area contributed by atoms with Crippen molar-refractivity contribution >= 4 is 57.8 Å². The largest absolute Gasteiger partial charge is 0.298 e. The molecule has 2 aromatic rings. The van der Waals surface area contributed by atoms with Crippen molar-refractivity contribution in [3.63, 3.8) is 0 Å². The van der Waals surface area contributed by atoms with E-state index >= 15 is 0 Å². The number of amides is 2. The van der Waals surface area contributed by atoms with Crippen molar-refractivity contribution in [3.8, 4) is 0 Å². The van der Waals surface area contributed by atoms with Gasteiger partial charge >= 0.3 is 0 Å². The molecular formula is C15H9ClN6O8S. The molecule has 0 unspecified atom stereocenters. The number of hydrogen-bond acceptors (Lipinski definition) is 9. The summed E-state index contributed by atoms with van der Waals surface area (Å²) in [7, 11) is 0. The number of thiocarbonyl (C=S) groups is 1. The molecule has 3 N–H and O–H groups in total. The number of benzene rings is 2. The van der Waals surface area contributed by atoms with Crippen LogP contribution in [-0.2, 0) is 0 Å². The molecule has 0 spiro atoms. The molecule has 14 nitrogen and oxygen atoms in total. The number of halogens is 1. The maximum Gasteiger partial charge on any atom is 0.288 e. The Balaban J connectivity index is 2.06. The molecule has 0 saturated heterocycles. The summed E-state index contributed by atoms with van der Waals surface area (Å²) >= 11 is 10.5. The predicted molar refractivity (Wildman–Crippen MR) is 109 cm³/mol. The topological polar surface area (TPSA) is 200 Å². The Bertz CT molecular complexity index is 1110. The van der Waals surface area contributed by atoms with Crippen molar-refractivity contribution in [2.45, 2.75) is 0 Å². The molecule has 0 saturated carbocycles. The molecule has 0 radical (unpaired) electrons. The monoisotopic (exact) mass is 468 g/mol. The van der Waals surface area contributed by atoms with E-state index in [-0.39, 0.29) is 10.6 Å². The van der Waals surface area contributed by atoms with Crippen LogP contribution in [0.2, 0.25) is 5.02 Å². The van der Waals surface area contributed by atoms with E-state index in [1.807, 2.05) is 0 Å². The Kier molecular flexibility index (Phi) is 7.07. The van der Waals surface area contributed by atoms with Crippen molar-refractivity contribution in [2.24, 2.45) is 0 Å². The lowest BCUT2D eigenvalue weighted by atomic mass is 10.1. The lowest BCUT2D eigenvalue weighted by Gasteiger charge is -2.11. The molecule has 31 heavy (non-hydrogen) atoms. The number of hydrogen-bond donors (Lipinski definition) is 3. The van der Waals surface area contributed by atoms with Crippen molar-refractivity contribution in [1.29, 1.82) is 0 Å². The second kappa shape index (κ2) is 9.51. The number of nitrogens with zero attached hydrogens (tertiary/aromatic N) is 3. The quantitative estimate of drug-likeness (QED) is 0.331. The third-order valence-corrected chi connectivity index (χ3v) is 4.03. The average molecular weight is 469 g/mol. The number of nitro groups is 3. The maximum absolute atomic E-state index is 12.2. The molecule has 0 aromatic heterocycles. The number of carbonyl (C=O) groups excluding carboxylic acids is 2. The van der Waals surface area contributed by atoms with Crippen LogP contribution in [0, 0.1) is 30.3 Å². The third-order valence-electron chi connectivity index (χ3n) is 3.51. The molecule has 0 bridgehead atoms. The molecule has 0 aliphatic heterocycles. The first-order valence-electron chi connectivity index (χ1n) is 7.79. The highest BCUT2D eigenvalue weighted by molar-refractivity contribution is 7.80. The van der Waals surface area contributed by atoms with E-state index in [4.69, 9.17) is 23.8 Å². The van der Waals surface area contributed by atoms with E-state index in [0.717, 1.165) is 24.3 Å². The van der Waals surface area contributed by atoms with Gasteiger partial charge in [-0.3, -0.25) is 56.1 Å². The molecule has 2 rings (SSSR count). The first kappa shape index (κ1) is 23.0. The van der Waals surface area contributed by atoms with Gasteiger partial charge in [0.15, 0.2) is 5.11 Å². The minimum Gasteiger partial charge on any atom is -0.298 e. The molecule has 0 fully saturated rings. The van der Waals surface area contributed by atoms with E-state index in [1.54, 1.807) is 0 Å². The summed E-state index contributed by atoms with van der Waals surface area (Å²) in [5, 5.41) is 34.1. The molecule has 16 heteroatoms. The van der Waals surface area contributed by atoms with E-state index in [2.05, 4.69) is 16.2 Å². The fraction of sp³-hybridized carbons (Fsp3) is 0. The van der Waals surface area contributed by atoms with Gasteiger partial charge in [-0.2, -0.15) is 0 Å². The van der Waals surface area contributed by atoms with Crippen LogP contribution in [0.5, 0.6) is 0 Å². The van der Waals surface area contributed by atoms with Gasteiger partial charge in [0.1, 0.15) is 5.02 Å². The van der Waals surface area contributed by atoms with Gasteiger partial charge in [-0.1, -0.05) is 11.6 Å². The Morgan fingerprint density at radius 1 is 0.806 bits per heavy atom. The molecule has 160 valence electrons. The summed E-state index contributed by atoms with van der Waals surface area (Å²) in [6.07, 6.45) is 0. The number of nitro benzene ring substituents is 3. The van der Waals surface area contributed by atoms with Crippen LogP contribution in [0.4, 0.5) is 17.1 Å². The number of nitrogens with one attached hydrogen (secondary N) is 3. The normalized spacial score (nSPS) is 9.97. The van der Waals surface area contributed by atoms with Gasteiger partial charge in [0.2, 0.25) is 0 Å². The zero-order valence-electron chi connectivity index (χ0n) is 14.9. The van der Waals surface area contributed by atoms with Gasteiger partial charge in [-0.25, -0.2) is 0 Å². The highest BCUT2D eigenvalue weighted by Gasteiger charge is 2.21. The Morgan fingerprint density at radius 3 is 1.90 bits per heavy atom. The molecule has 2 aromatic carbocycles. The standard InChI is InChI=1S/C15H9ClN6O8S/c16-11-2-1-7(5-12(11)22(29)30)14(24)18-19-15(31)17-13(23)8-3-9(20(25)26)6-10(4-8)21(27)28/h1-6H,(H,18,24)(H2,17,19,23,31). The zero-order valence-corrected chi connectivity index (χ0v) is 16.4. The van der Waals surface area contributed by atoms with E-state index in [9.17, 15) is 39.9 Å². The van der Waals surface area contributed by atoms with E-state index in [0.29, 0.717) is 6.07 Å². The average Bonchev–Trinajstić information content (AvgIpc) is 2.71. The molecule has 2 amide bonds. The highest BCUT2D eigenvalue weighted by Crippen LogP contribution is 2.25. The minimum atomic E-state index is -1.03. The fourth-order valence-electron chi connectivity index (χ4n) is 2.12. The third kappa shape index (κ3) is 5.87. The van der Waals surface area contributed by atoms with Crippen molar-refractivity contribution < 1.29 is 24.4 Å². The minimum absolute atomic E-state index is 0.146. The first-order chi connectivity index (χ1) is 14.5. The summed E-state index contributed by atoms with van der Waals surface area (Å²) < 4.78 is 0. The molecule has 0 atom stereocenters.